The van der Waals surface area contributed by atoms with Crippen molar-refractivity contribution in [1.29, 1.82) is 0 Å². The number of benzene rings is 4. The average molecular weight is 704 g/mol. The van der Waals surface area contributed by atoms with Crippen LogP contribution in [-0.2, 0) is 21.4 Å². The molecule has 10 nitrogen and oxygen atoms in total. The van der Waals surface area contributed by atoms with Gasteiger partial charge < -0.3 is 19.7 Å². The van der Waals surface area contributed by atoms with Gasteiger partial charge in [0.05, 0.1) is 15.4 Å². The van der Waals surface area contributed by atoms with Crippen LogP contribution in [0.4, 0.5) is 20.7 Å². The molecule has 2 heterocycles. The van der Waals surface area contributed by atoms with Crippen molar-refractivity contribution in [2.75, 3.05) is 31.5 Å². The molecule has 0 bridgehead atoms. The Kier molecular flexibility index (Phi) is 9.73. The zero-order valence-corrected chi connectivity index (χ0v) is 28.8. The fraction of sp³-hybridized carbons (Fsp3) is 0.250. The maximum atomic E-state index is 13.5. The molecule has 0 saturated carbocycles. The minimum atomic E-state index is -3.76. The third-order valence-electron chi connectivity index (χ3n) is 7.83. The second-order valence-electron chi connectivity index (χ2n) is 12.5. The number of carbonyl (C=O) groups is 1. The quantitative estimate of drug-likeness (QED) is 0.175. The number of fused-ring (bicyclic) bond motifs is 1. The van der Waals surface area contributed by atoms with E-state index in [1.165, 1.54) is 27.7 Å². The van der Waals surface area contributed by atoms with Crippen LogP contribution in [0.25, 0.3) is 22.0 Å². The van der Waals surface area contributed by atoms with Gasteiger partial charge in [-0.2, -0.15) is 4.31 Å². The molecule has 6 rings (SSSR count). The van der Waals surface area contributed by atoms with E-state index in [-0.39, 0.29) is 43.5 Å². The summed E-state index contributed by atoms with van der Waals surface area (Å²) in [5.41, 5.74) is 3.12. The lowest BCUT2D eigenvalue weighted by Gasteiger charge is -2.35. The van der Waals surface area contributed by atoms with E-state index in [1.807, 2.05) is 18.2 Å². The van der Waals surface area contributed by atoms with Crippen molar-refractivity contribution < 1.29 is 27.1 Å². The van der Waals surface area contributed by atoms with E-state index in [1.54, 1.807) is 75.4 Å². The van der Waals surface area contributed by atoms with Crippen molar-refractivity contribution in [3.8, 4) is 16.9 Å². The molecule has 254 valence electrons. The third kappa shape index (κ3) is 8.10. The number of sulfonamides is 1. The maximum Gasteiger partial charge on any atom is 0.410 e. The smallest absolute Gasteiger partial charge is 0.410 e. The molecular formula is C36H35ClFN5O5S. The maximum absolute atomic E-state index is 13.5. The van der Waals surface area contributed by atoms with Crippen LogP contribution < -0.4 is 10.1 Å². The molecule has 0 aliphatic carbocycles. The van der Waals surface area contributed by atoms with Crippen LogP contribution >= 0.6 is 11.6 Å². The number of rotatable bonds is 8. The predicted molar refractivity (Wildman–Crippen MR) is 187 cm³/mol. The molecular weight excluding hydrogens is 669 g/mol. The van der Waals surface area contributed by atoms with Crippen LogP contribution in [0.1, 0.15) is 26.3 Å². The Balaban J connectivity index is 1.14. The first-order valence-corrected chi connectivity index (χ1v) is 17.4. The molecule has 0 spiro atoms. The van der Waals surface area contributed by atoms with Gasteiger partial charge in [-0.25, -0.2) is 27.6 Å². The number of aromatic nitrogens is 2. The van der Waals surface area contributed by atoms with Crippen molar-refractivity contribution in [3.63, 3.8) is 0 Å². The monoisotopic (exact) mass is 703 g/mol. The van der Waals surface area contributed by atoms with Gasteiger partial charge in [-0.15, -0.1) is 0 Å². The average Bonchev–Trinajstić information content (AvgIpc) is 3.07. The summed E-state index contributed by atoms with van der Waals surface area (Å²) in [6.07, 6.45) is 1.02. The Morgan fingerprint density at radius 1 is 0.918 bits per heavy atom. The molecule has 5 aromatic rings. The zero-order chi connectivity index (χ0) is 34.8. The Morgan fingerprint density at radius 2 is 1.65 bits per heavy atom. The summed E-state index contributed by atoms with van der Waals surface area (Å²) < 4.78 is 53.0. The number of anilines is 2. The fourth-order valence-electron chi connectivity index (χ4n) is 5.36. The first-order valence-electron chi connectivity index (χ1n) is 15.6. The van der Waals surface area contributed by atoms with E-state index in [4.69, 9.17) is 21.1 Å². The van der Waals surface area contributed by atoms with Crippen LogP contribution in [-0.4, -0.2) is 65.5 Å². The Labute approximate surface area is 289 Å². The summed E-state index contributed by atoms with van der Waals surface area (Å²) in [6, 6.07) is 23.9. The highest BCUT2D eigenvalue weighted by Gasteiger charge is 2.32. The second-order valence-corrected chi connectivity index (χ2v) is 14.9. The van der Waals surface area contributed by atoms with Gasteiger partial charge in [-0.1, -0.05) is 41.9 Å². The van der Waals surface area contributed by atoms with Crippen LogP contribution in [0.15, 0.2) is 96.2 Å². The molecule has 4 aromatic carbocycles. The highest BCUT2D eigenvalue weighted by molar-refractivity contribution is 7.89. The highest BCUT2D eigenvalue weighted by atomic mass is 35.5. The van der Waals surface area contributed by atoms with Gasteiger partial charge in [-0.3, -0.25) is 0 Å². The van der Waals surface area contributed by atoms with Gasteiger partial charge in [-0.05, 0) is 92.1 Å². The number of nitrogens with zero attached hydrogens (tertiary/aromatic N) is 4. The standard InChI is InChI=1S/C36H35ClFN5O5S/c1-36(2,3)48-35(44)42-15-17-43(18-16-42)49(45,46)29-11-7-25(8-12-29)26-9-13-32-30(20-26)34(40-23-39-32)41-28-10-14-33(31(37)21-28)47-22-24-5-4-6-27(38)19-24/h4-14,19-21,23H,15-18,22H2,1-3H3,(H,39,40,41). The van der Waals surface area contributed by atoms with Gasteiger partial charge in [0.1, 0.15) is 35.9 Å². The van der Waals surface area contributed by atoms with Crippen molar-refractivity contribution >= 4 is 50.1 Å². The van der Waals surface area contributed by atoms with Gasteiger partial charge >= 0.3 is 6.09 Å². The summed E-state index contributed by atoms with van der Waals surface area (Å²) in [4.78, 5) is 23.0. The van der Waals surface area contributed by atoms with Gasteiger partial charge in [0.2, 0.25) is 10.0 Å². The number of ether oxygens (including phenoxy) is 2. The summed E-state index contributed by atoms with van der Waals surface area (Å²) in [5.74, 6) is 0.682. The molecule has 0 unspecified atom stereocenters. The van der Waals surface area contributed by atoms with Crippen LogP contribution in [0.5, 0.6) is 5.75 Å². The fourth-order valence-corrected chi connectivity index (χ4v) is 7.02. The van der Waals surface area contributed by atoms with Crippen LogP contribution in [0.3, 0.4) is 0 Å². The van der Waals surface area contributed by atoms with Crippen molar-refractivity contribution in [2.45, 2.75) is 37.9 Å². The van der Waals surface area contributed by atoms with E-state index < -0.39 is 21.7 Å². The van der Waals surface area contributed by atoms with E-state index in [0.29, 0.717) is 33.4 Å². The molecule has 1 N–H and O–H groups in total. The van der Waals surface area contributed by atoms with Gasteiger partial charge in [0.25, 0.3) is 0 Å². The lowest BCUT2D eigenvalue weighted by Crippen LogP contribution is -2.51. The Bertz CT molecular complexity index is 2100. The lowest BCUT2D eigenvalue weighted by molar-refractivity contribution is 0.0192. The second kappa shape index (κ2) is 14.0. The summed E-state index contributed by atoms with van der Waals surface area (Å²) in [5, 5.41) is 4.43. The topological polar surface area (TPSA) is 114 Å². The van der Waals surface area contributed by atoms with E-state index >= 15 is 0 Å². The van der Waals surface area contributed by atoms with Gasteiger partial charge in [0, 0.05) is 37.3 Å². The number of hydrogen-bond donors (Lipinski definition) is 1. The number of piperazine rings is 1. The van der Waals surface area contributed by atoms with Crippen molar-refractivity contribution in [1.82, 2.24) is 19.2 Å². The van der Waals surface area contributed by atoms with Gasteiger partial charge in [0.15, 0.2) is 0 Å². The number of hydrogen-bond acceptors (Lipinski definition) is 8. The molecule has 1 amide bonds. The lowest BCUT2D eigenvalue weighted by atomic mass is 10.0. The third-order valence-corrected chi connectivity index (χ3v) is 10.0. The number of halogens is 2. The minimum absolute atomic E-state index is 0.170. The zero-order valence-electron chi connectivity index (χ0n) is 27.2. The highest BCUT2D eigenvalue weighted by Crippen LogP contribution is 2.33. The number of amides is 1. The van der Waals surface area contributed by atoms with Crippen molar-refractivity contribution in [3.05, 3.63) is 108 Å². The van der Waals surface area contributed by atoms with Crippen LogP contribution in [0.2, 0.25) is 5.02 Å². The van der Waals surface area contributed by atoms with E-state index in [2.05, 4.69) is 15.3 Å². The number of nitrogens with one attached hydrogen (secondary N) is 1. The summed E-state index contributed by atoms with van der Waals surface area (Å²) in [7, 11) is -3.76. The van der Waals surface area contributed by atoms with Crippen LogP contribution in [0, 0.1) is 5.82 Å². The van der Waals surface area contributed by atoms with Crippen molar-refractivity contribution in [2.24, 2.45) is 0 Å². The molecule has 1 aliphatic rings. The molecule has 1 saturated heterocycles. The number of carbonyl (C=O) groups excluding carboxylic acids is 1. The summed E-state index contributed by atoms with van der Waals surface area (Å²) >= 11 is 6.51. The Hall–Kier alpha value is -4.78. The molecule has 49 heavy (non-hydrogen) atoms. The molecule has 0 radical (unpaired) electrons. The molecule has 13 heteroatoms. The first-order chi connectivity index (χ1) is 23.4. The first kappa shape index (κ1) is 34.1. The molecule has 1 aliphatic heterocycles. The molecule has 0 atom stereocenters. The van der Waals surface area contributed by atoms with E-state index in [0.717, 1.165) is 16.5 Å². The molecule has 1 fully saturated rings. The summed E-state index contributed by atoms with van der Waals surface area (Å²) in [6.45, 7) is 6.42. The minimum Gasteiger partial charge on any atom is -0.487 e. The predicted octanol–water partition coefficient (Wildman–Crippen LogP) is 7.65. The molecule has 1 aromatic heterocycles. The SMILES string of the molecule is CC(C)(C)OC(=O)N1CCN(S(=O)(=O)c2ccc(-c3ccc4ncnc(Nc5ccc(OCc6cccc(F)c6)c(Cl)c5)c4c3)cc2)CC1. The largest absolute Gasteiger partial charge is 0.487 e. The van der Waals surface area contributed by atoms with E-state index in [9.17, 15) is 17.6 Å². The Morgan fingerprint density at radius 3 is 2.35 bits per heavy atom. The normalized spacial score (nSPS) is 14.1.